The molecule has 34 heavy (non-hydrogen) atoms. The molecule has 7 nitrogen and oxygen atoms in total. The van der Waals surface area contributed by atoms with Gasteiger partial charge >= 0.3 is 6.09 Å². The number of carbonyl (C=O) groups excluding carboxylic acids is 2. The summed E-state index contributed by atoms with van der Waals surface area (Å²) in [6.07, 6.45) is -0.345. The average Bonchev–Trinajstić information content (AvgIpc) is 3.23. The van der Waals surface area contributed by atoms with E-state index in [-0.39, 0.29) is 67.1 Å². The molecule has 1 aliphatic carbocycles. The quantitative estimate of drug-likeness (QED) is 0.671. The highest BCUT2D eigenvalue weighted by Crippen LogP contribution is 2.36. The van der Waals surface area contributed by atoms with Crippen molar-refractivity contribution in [2.75, 3.05) is 32.7 Å². The highest BCUT2D eigenvalue weighted by Gasteiger charge is 2.44. The van der Waals surface area contributed by atoms with Crippen LogP contribution < -0.4 is 0 Å². The molecule has 1 N–H and O–H groups in total. The number of likely N-dealkylation sites (tertiary alicyclic amines) is 2. The standard InChI is InChI=1S/C24H30ClF2N3O4/c1-2-30(24(33)34)21-13-29(12-18(21)15-3-4-19(25)20(27)11-15)22(31)14-5-7-28(8-6-14)23(32)16-9-17(26)10-16/h3-4,11,14,16-18,21H,2,5-10,12-13H2,1H3,(H,33,34)/t16?,17?,18-,21+/m0/s1. The molecule has 0 bridgehead atoms. The smallest absolute Gasteiger partial charge is 0.407 e. The van der Waals surface area contributed by atoms with E-state index in [1.165, 1.54) is 17.0 Å². The molecule has 2 heterocycles. The Kier molecular flexibility index (Phi) is 7.31. The number of likely N-dealkylation sites (N-methyl/N-ethyl adjacent to an activating group) is 1. The zero-order valence-corrected chi connectivity index (χ0v) is 19.9. The molecule has 0 radical (unpaired) electrons. The second-order valence-corrected chi connectivity index (χ2v) is 9.93. The van der Waals surface area contributed by atoms with Crippen LogP contribution in [0.5, 0.6) is 0 Å². The van der Waals surface area contributed by atoms with Crippen LogP contribution in [0.3, 0.4) is 0 Å². The summed E-state index contributed by atoms with van der Waals surface area (Å²) >= 11 is 5.83. The molecule has 2 saturated heterocycles. The van der Waals surface area contributed by atoms with Crippen LogP contribution in [0, 0.1) is 17.7 Å². The number of alkyl halides is 1. The van der Waals surface area contributed by atoms with Gasteiger partial charge in [0, 0.05) is 50.5 Å². The summed E-state index contributed by atoms with van der Waals surface area (Å²) in [7, 11) is 0. The van der Waals surface area contributed by atoms with Gasteiger partial charge in [-0.2, -0.15) is 0 Å². The number of rotatable bonds is 5. The van der Waals surface area contributed by atoms with E-state index in [0.717, 1.165) is 0 Å². The lowest BCUT2D eigenvalue weighted by molar-refractivity contribution is -0.145. The van der Waals surface area contributed by atoms with Gasteiger partial charge in [-0.05, 0) is 50.3 Å². The van der Waals surface area contributed by atoms with Crippen LogP contribution in [-0.4, -0.2) is 82.7 Å². The predicted molar refractivity (Wildman–Crippen MR) is 122 cm³/mol. The summed E-state index contributed by atoms with van der Waals surface area (Å²) < 4.78 is 27.3. The maximum absolute atomic E-state index is 14.2. The maximum atomic E-state index is 14.2. The summed E-state index contributed by atoms with van der Waals surface area (Å²) in [6.45, 7) is 3.42. The number of amides is 3. The van der Waals surface area contributed by atoms with Gasteiger partial charge in [-0.3, -0.25) is 9.59 Å². The molecule has 2 atom stereocenters. The maximum Gasteiger partial charge on any atom is 0.407 e. The van der Waals surface area contributed by atoms with Gasteiger partial charge < -0.3 is 19.8 Å². The third-order valence-electron chi connectivity index (χ3n) is 7.54. The number of benzene rings is 1. The molecule has 10 heteroatoms. The fraction of sp³-hybridized carbons (Fsp3) is 0.625. The number of piperidine rings is 1. The van der Waals surface area contributed by atoms with Crippen molar-refractivity contribution >= 4 is 29.5 Å². The molecule has 0 spiro atoms. The molecule has 0 aromatic heterocycles. The largest absolute Gasteiger partial charge is 0.465 e. The minimum Gasteiger partial charge on any atom is -0.465 e. The Balaban J connectivity index is 1.44. The Morgan fingerprint density at radius 3 is 2.29 bits per heavy atom. The van der Waals surface area contributed by atoms with Crippen LogP contribution >= 0.6 is 11.6 Å². The zero-order chi connectivity index (χ0) is 24.6. The van der Waals surface area contributed by atoms with Crippen molar-refractivity contribution in [3.05, 3.63) is 34.6 Å². The predicted octanol–water partition coefficient (Wildman–Crippen LogP) is 3.76. The number of halogens is 3. The van der Waals surface area contributed by atoms with Crippen molar-refractivity contribution in [1.82, 2.24) is 14.7 Å². The highest BCUT2D eigenvalue weighted by atomic mass is 35.5. The molecule has 3 amide bonds. The first kappa shape index (κ1) is 24.7. The Hall–Kier alpha value is -2.42. The van der Waals surface area contributed by atoms with Crippen LogP contribution in [0.4, 0.5) is 13.6 Å². The first-order chi connectivity index (χ1) is 16.2. The Labute approximate surface area is 202 Å². The van der Waals surface area contributed by atoms with E-state index in [4.69, 9.17) is 11.6 Å². The lowest BCUT2D eigenvalue weighted by Gasteiger charge is -2.38. The fourth-order valence-electron chi connectivity index (χ4n) is 5.48. The van der Waals surface area contributed by atoms with Crippen molar-refractivity contribution in [2.45, 2.75) is 50.7 Å². The van der Waals surface area contributed by atoms with Gasteiger partial charge in [-0.15, -0.1) is 0 Å². The van der Waals surface area contributed by atoms with Crippen LogP contribution in [-0.2, 0) is 9.59 Å². The topological polar surface area (TPSA) is 81.2 Å². The van der Waals surface area contributed by atoms with Gasteiger partial charge in [0.25, 0.3) is 0 Å². The fourth-order valence-corrected chi connectivity index (χ4v) is 5.60. The molecule has 2 aliphatic heterocycles. The molecule has 4 rings (SSSR count). The molecule has 1 aromatic rings. The third kappa shape index (κ3) is 4.85. The monoisotopic (exact) mass is 497 g/mol. The molecule has 186 valence electrons. The van der Waals surface area contributed by atoms with Gasteiger partial charge in [0.05, 0.1) is 11.1 Å². The lowest BCUT2D eigenvalue weighted by atomic mass is 9.82. The summed E-state index contributed by atoms with van der Waals surface area (Å²) in [5.74, 6) is -1.54. The molecular weight excluding hydrogens is 468 g/mol. The molecule has 3 aliphatic rings. The lowest BCUT2D eigenvalue weighted by Crippen LogP contribution is -2.48. The average molecular weight is 498 g/mol. The summed E-state index contributed by atoms with van der Waals surface area (Å²) in [4.78, 5) is 42.4. The van der Waals surface area contributed by atoms with Gasteiger partial charge in [0.15, 0.2) is 0 Å². The number of hydrogen-bond donors (Lipinski definition) is 1. The molecule has 1 aromatic carbocycles. The van der Waals surface area contributed by atoms with E-state index in [9.17, 15) is 28.3 Å². The third-order valence-corrected chi connectivity index (χ3v) is 7.85. The Morgan fingerprint density at radius 2 is 1.74 bits per heavy atom. The Bertz CT molecular complexity index is 950. The van der Waals surface area contributed by atoms with Gasteiger partial charge in [0.2, 0.25) is 11.8 Å². The van der Waals surface area contributed by atoms with E-state index in [1.54, 1.807) is 22.8 Å². The molecule has 3 fully saturated rings. The molecular formula is C24H30ClF2N3O4. The first-order valence-corrected chi connectivity index (χ1v) is 12.2. The normalized spacial score (nSPS) is 27.4. The van der Waals surface area contributed by atoms with Crippen LogP contribution in [0.25, 0.3) is 0 Å². The molecule has 0 unspecified atom stereocenters. The van der Waals surface area contributed by atoms with Gasteiger partial charge in [-0.25, -0.2) is 13.6 Å². The minimum absolute atomic E-state index is 0.0120. The van der Waals surface area contributed by atoms with Crippen molar-refractivity contribution in [3.63, 3.8) is 0 Å². The van der Waals surface area contributed by atoms with E-state index < -0.39 is 24.1 Å². The van der Waals surface area contributed by atoms with E-state index in [1.807, 2.05) is 0 Å². The van der Waals surface area contributed by atoms with Crippen molar-refractivity contribution < 1.29 is 28.3 Å². The first-order valence-electron chi connectivity index (χ1n) is 11.9. The molecule has 1 saturated carbocycles. The van der Waals surface area contributed by atoms with Gasteiger partial charge in [0.1, 0.15) is 12.0 Å². The number of nitrogens with zero attached hydrogens (tertiary/aromatic N) is 3. The summed E-state index contributed by atoms with van der Waals surface area (Å²) in [5.41, 5.74) is 0.606. The van der Waals surface area contributed by atoms with E-state index in [2.05, 4.69) is 0 Å². The van der Waals surface area contributed by atoms with E-state index >= 15 is 0 Å². The Morgan fingerprint density at radius 1 is 1.09 bits per heavy atom. The summed E-state index contributed by atoms with van der Waals surface area (Å²) in [5, 5.41) is 9.69. The van der Waals surface area contributed by atoms with Crippen LogP contribution in [0.15, 0.2) is 18.2 Å². The second kappa shape index (κ2) is 10.1. The minimum atomic E-state index is -1.08. The van der Waals surface area contributed by atoms with Gasteiger partial charge in [-0.1, -0.05) is 17.7 Å². The number of carboxylic acid groups (broad SMARTS) is 1. The van der Waals surface area contributed by atoms with Crippen LogP contribution in [0.2, 0.25) is 5.02 Å². The SMILES string of the molecule is CCN(C(=O)O)[C@@H]1CN(C(=O)C2CCN(C(=O)C3CC(F)C3)CC2)C[C@H]1c1ccc(Cl)c(F)c1. The van der Waals surface area contributed by atoms with E-state index in [0.29, 0.717) is 31.5 Å². The summed E-state index contributed by atoms with van der Waals surface area (Å²) in [6, 6.07) is 3.95. The highest BCUT2D eigenvalue weighted by molar-refractivity contribution is 6.30. The van der Waals surface area contributed by atoms with Crippen molar-refractivity contribution in [2.24, 2.45) is 11.8 Å². The second-order valence-electron chi connectivity index (χ2n) is 9.52. The van der Waals surface area contributed by atoms with Crippen molar-refractivity contribution in [3.8, 4) is 0 Å². The zero-order valence-electron chi connectivity index (χ0n) is 19.1. The number of hydrogen-bond acceptors (Lipinski definition) is 3. The number of carbonyl (C=O) groups is 3. The van der Waals surface area contributed by atoms with Crippen LogP contribution in [0.1, 0.15) is 44.1 Å². The van der Waals surface area contributed by atoms with Crippen molar-refractivity contribution in [1.29, 1.82) is 0 Å².